The van der Waals surface area contributed by atoms with Gasteiger partial charge in [0.2, 0.25) is 0 Å². The van der Waals surface area contributed by atoms with E-state index in [9.17, 15) is 14.7 Å². The van der Waals surface area contributed by atoms with Gasteiger partial charge in [0.05, 0.1) is 6.61 Å². The lowest BCUT2D eigenvalue weighted by atomic mass is 10.2. The molecule has 0 saturated heterocycles. The van der Waals surface area contributed by atoms with Crippen LogP contribution >= 0.6 is 11.8 Å². The summed E-state index contributed by atoms with van der Waals surface area (Å²) in [5, 5.41) is 10.1. The maximum atomic E-state index is 11.4. The number of benzene rings is 1. The van der Waals surface area contributed by atoms with Crippen LogP contribution in [0, 0.1) is 0 Å². The van der Waals surface area contributed by atoms with Gasteiger partial charge in [-0.3, -0.25) is 4.79 Å². The molecule has 0 amide bonds. The minimum Gasteiger partial charge on any atom is -0.506 e. The molecule has 1 aromatic carbocycles. The number of carbonyl (C=O) groups is 2. The molecule has 1 aromatic rings. The number of carbonyl (C=O) groups excluding carboxylic acids is 2. The van der Waals surface area contributed by atoms with Crippen molar-refractivity contribution in [2.75, 3.05) is 12.9 Å². The van der Waals surface area contributed by atoms with Crippen LogP contribution in [0.25, 0.3) is 5.76 Å². The topological polar surface area (TPSA) is 63.6 Å². The Balaban J connectivity index is 2.92. The average molecular weight is 292 g/mol. The summed E-state index contributed by atoms with van der Waals surface area (Å²) in [6.45, 7) is 1.78. The molecule has 5 heteroatoms. The van der Waals surface area contributed by atoms with Crippen LogP contribution in [0.4, 0.5) is 0 Å². The summed E-state index contributed by atoms with van der Waals surface area (Å²) >= 11 is 1.28. The molecule has 0 saturated carbocycles. The van der Waals surface area contributed by atoms with Gasteiger partial charge < -0.3 is 9.84 Å². The Morgan fingerprint density at radius 3 is 2.45 bits per heavy atom. The molecule has 106 valence electrons. The van der Waals surface area contributed by atoms with Crippen LogP contribution in [-0.4, -0.2) is 29.7 Å². The van der Waals surface area contributed by atoms with Crippen LogP contribution in [0.5, 0.6) is 0 Å². The maximum absolute atomic E-state index is 11.4. The third-order valence-electron chi connectivity index (χ3n) is 2.36. The molecule has 4 nitrogen and oxygen atoms in total. The van der Waals surface area contributed by atoms with Crippen LogP contribution in [-0.2, 0) is 14.3 Å². The van der Waals surface area contributed by atoms with Crippen molar-refractivity contribution in [1.29, 1.82) is 0 Å². The molecule has 0 atom stereocenters. The van der Waals surface area contributed by atoms with Crippen LogP contribution in [0.2, 0.25) is 0 Å². The van der Waals surface area contributed by atoms with Gasteiger partial charge in [0.25, 0.3) is 5.78 Å². The van der Waals surface area contributed by atoms with Crippen molar-refractivity contribution < 1.29 is 19.4 Å². The largest absolute Gasteiger partial charge is 0.506 e. The molecule has 0 aromatic heterocycles. The number of hydrogen-bond acceptors (Lipinski definition) is 5. The number of thioether (sulfide) groups is 1. The highest BCUT2D eigenvalue weighted by Gasteiger charge is 2.11. The van der Waals surface area contributed by atoms with Gasteiger partial charge in [-0.1, -0.05) is 30.3 Å². The van der Waals surface area contributed by atoms with E-state index >= 15 is 0 Å². The molecule has 0 heterocycles. The minimum atomic E-state index is -0.900. The fourth-order valence-electron chi connectivity index (χ4n) is 1.40. The first-order chi connectivity index (χ1) is 9.60. The van der Waals surface area contributed by atoms with Crippen LogP contribution in [0.1, 0.15) is 12.5 Å². The third kappa shape index (κ3) is 4.59. The molecule has 0 aliphatic carbocycles. The van der Waals surface area contributed by atoms with E-state index in [-0.39, 0.29) is 12.4 Å². The Bertz CT molecular complexity index is 532. The Labute approximate surface area is 122 Å². The Morgan fingerprint density at radius 2 is 1.90 bits per heavy atom. The predicted molar refractivity (Wildman–Crippen MR) is 80.3 cm³/mol. The summed E-state index contributed by atoms with van der Waals surface area (Å²) in [5.74, 6) is -1.59. The molecule has 0 spiro atoms. The van der Waals surface area contributed by atoms with Gasteiger partial charge >= 0.3 is 5.97 Å². The first-order valence-corrected chi connectivity index (χ1v) is 7.24. The normalized spacial score (nSPS) is 12.1. The second-order valence-electron chi connectivity index (χ2n) is 3.70. The molecule has 0 aliphatic heterocycles. The zero-order valence-corrected chi connectivity index (χ0v) is 12.1. The Morgan fingerprint density at radius 1 is 1.25 bits per heavy atom. The predicted octanol–water partition coefficient (Wildman–Crippen LogP) is 2.96. The number of ketones is 1. The van der Waals surface area contributed by atoms with Crippen molar-refractivity contribution in [2.45, 2.75) is 6.92 Å². The fraction of sp³-hybridized carbons (Fsp3) is 0.200. The lowest BCUT2D eigenvalue weighted by Crippen LogP contribution is -2.14. The van der Waals surface area contributed by atoms with Crippen LogP contribution in [0.15, 0.2) is 47.4 Å². The van der Waals surface area contributed by atoms with E-state index < -0.39 is 11.8 Å². The summed E-state index contributed by atoms with van der Waals surface area (Å²) in [6, 6.07) is 8.96. The van der Waals surface area contributed by atoms with Gasteiger partial charge in [0.1, 0.15) is 5.76 Å². The van der Waals surface area contributed by atoms with Crippen LogP contribution < -0.4 is 0 Å². The SMILES string of the molecule is CCOC(=O)C(=O)/C=C/C(SC)=C(\O)c1ccccc1. The van der Waals surface area contributed by atoms with Crippen molar-refractivity contribution in [3.8, 4) is 0 Å². The zero-order chi connectivity index (χ0) is 15.0. The molecule has 1 N–H and O–H groups in total. The van der Waals surface area contributed by atoms with Crippen molar-refractivity contribution >= 4 is 29.3 Å². The van der Waals surface area contributed by atoms with Gasteiger partial charge in [-0.2, -0.15) is 0 Å². The van der Waals surface area contributed by atoms with E-state index in [4.69, 9.17) is 0 Å². The third-order valence-corrected chi connectivity index (χ3v) is 3.13. The average Bonchev–Trinajstić information content (AvgIpc) is 2.48. The zero-order valence-electron chi connectivity index (χ0n) is 11.3. The number of rotatable bonds is 6. The molecular weight excluding hydrogens is 276 g/mol. The summed E-state index contributed by atoms with van der Waals surface area (Å²) in [7, 11) is 0. The number of ether oxygens (including phenoxy) is 1. The highest BCUT2D eigenvalue weighted by molar-refractivity contribution is 8.02. The minimum absolute atomic E-state index is 0.0611. The van der Waals surface area contributed by atoms with Crippen molar-refractivity contribution in [1.82, 2.24) is 0 Å². The number of hydrogen-bond donors (Lipinski definition) is 1. The van der Waals surface area contributed by atoms with E-state index in [2.05, 4.69) is 4.74 Å². The summed E-state index contributed by atoms with van der Waals surface area (Å²) in [5.41, 5.74) is 0.644. The summed E-state index contributed by atoms with van der Waals surface area (Å²) < 4.78 is 4.59. The molecule has 0 radical (unpaired) electrons. The number of aliphatic hydroxyl groups excluding tert-OH is 1. The second kappa shape index (κ2) is 8.22. The monoisotopic (exact) mass is 292 g/mol. The molecule has 0 fully saturated rings. The van der Waals surface area contributed by atoms with Gasteiger partial charge in [0, 0.05) is 10.5 Å². The second-order valence-corrected chi connectivity index (χ2v) is 4.55. The van der Waals surface area contributed by atoms with Gasteiger partial charge in [-0.05, 0) is 25.3 Å². The quantitative estimate of drug-likeness (QED) is 0.287. The molecule has 0 unspecified atom stereocenters. The molecular formula is C15H16O4S. The summed E-state index contributed by atoms with van der Waals surface area (Å²) in [6.07, 6.45) is 4.28. The van der Waals surface area contributed by atoms with E-state index in [0.29, 0.717) is 10.5 Å². The van der Waals surface area contributed by atoms with E-state index in [1.807, 2.05) is 6.07 Å². The molecule has 20 heavy (non-hydrogen) atoms. The van der Waals surface area contributed by atoms with E-state index in [1.54, 1.807) is 37.4 Å². The number of allylic oxidation sites excluding steroid dienone is 1. The fourth-order valence-corrected chi connectivity index (χ4v) is 1.92. The van der Waals surface area contributed by atoms with Gasteiger partial charge in [-0.15, -0.1) is 11.8 Å². The van der Waals surface area contributed by atoms with Crippen LogP contribution in [0.3, 0.4) is 0 Å². The van der Waals surface area contributed by atoms with Gasteiger partial charge in [0.15, 0.2) is 0 Å². The molecule has 0 aliphatic rings. The molecule has 0 bridgehead atoms. The lowest BCUT2D eigenvalue weighted by Gasteiger charge is -2.04. The smallest absolute Gasteiger partial charge is 0.379 e. The number of aliphatic hydroxyl groups is 1. The number of esters is 1. The van der Waals surface area contributed by atoms with Crippen molar-refractivity contribution in [3.63, 3.8) is 0 Å². The van der Waals surface area contributed by atoms with E-state index in [0.717, 1.165) is 6.08 Å². The standard InChI is InChI=1S/C15H16O4S/c1-3-19-15(18)12(16)9-10-13(20-2)14(17)11-7-5-4-6-8-11/h4-10,17H,3H2,1-2H3/b10-9+,14-13+. The highest BCUT2D eigenvalue weighted by atomic mass is 32.2. The van der Waals surface area contributed by atoms with Gasteiger partial charge in [-0.25, -0.2) is 4.79 Å². The van der Waals surface area contributed by atoms with E-state index in [1.165, 1.54) is 17.8 Å². The maximum Gasteiger partial charge on any atom is 0.379 e. The highest BCUT2D eigenvalue weighted by Crippen LogP contribution is 2.24. The first kappa shape index (κ1) is 16.0. The Kier molecular flexibility index (Phi) is 6.59. The molecule has 1 rings (SSSR count). The van der Waals surface area contributed by atoms with Crippen molar-refractivity contribution in [3.05, 3.63) is 53.0 Å². The lowest BCUT2D eigenvalue weighted by molar-refractivity contribution is -0.151. The summed E-state index contributed by atoms with van der Waals surface area (Å²) in [4.78, 5) is 23.1. The van der Waals surface area contributed by atoms with Crippen molar-refractivity contribution in [2.24, 2.45) is 0 Å². The Hall–Kier alpha value is -2.01. The first-order valence-electron chi connectivity index (χ1n) is 6.02.